The lowest BCUT2D eigenvalue weighted by Gasteiger charge is -2.57. The van der Waals surface area contributed by atoms with Crippen LogP contribution < -0.4 is 0 Å². The molecule has 0 saturated heterocycles. The Hall–Kier alpha value is -1.25. The Morgan fingerprint density at radius 2 is 1.81 bits per heavy atom. The molecule has 1 aliphatic heterocycles. The van der Waals surface area contributed by atoms with Gasteiger partial charge in [-0.3, -0.25) is 4.79 Å². The first-order valence-corrected chi connectivity index (χ1v) is 11.1. The summed E-state index contributed by atoms with van der Waals surface area (Å²) in [7, 11) is 0. The van der Waals surface area contributed by atoms with Crippen LogP contribution in [-0.4, -0.2) is 11.6 Å². The van der Waals surface area contributed by atoms with Gasteiger partial charge in [-0.2, -0.15) is 0 Å². The molecule has 27 heavy (non-hydrogen) atoms. The summed E-state index contributed by atoms with van der Waals surface area (Å²) in [5, 5.41) is 0. The second-order valence-corrected chi connectivity index (χ2v) is 10.6. The zero-order chi connectivity index (χ0) is 19.2. The minimum atomic E-state index is -0.733. The molecule has 3 nitrogen and oxygen atoms in total. The lowest BCUT2D eigenvalue weighted by Crippen LogP contribution is -2.51. The van der Waals surface area contributed by atoms with Crippen LogP contribution in [0.4, 0.5) is 0 Å². The summed E-state index contributed by atoms with van der Waals surface area (Å²) in [6.45, 7) is 11.1. The topological polar surface area (TPSA) is 35.5 Å². The van der Waals surface area contributed by atoms with E-state index in [1.54, 1.807) is 0 Å². The molecule has 0 aromatic rings. The van der Waals surface area contributed by atoms with Gasteiger partial charge in [0, 0.05) is 13.8 Å². The molecule has 0 radical (unpaired) electrons. The number of rotatable bonds is 1. The van der Waals surface area contributed by atoms with Gasteiger partial charge in [0.1, 0.15) is 0 Å². The van der Waals surface area contributed by atoms with Crippen molar-refractivity contribution in [1.82, 2.24) is 0 Å². The summed E-state index contributed by atoms with van der Waals surface area (Å²) in [6.07, 6.45) is 10.8. The fourth-order valence-electron chi connectivity index (χ4n) is 7.88. The first-order valence-electron chi connectivity index (χ1n) is 11.1. The van der Waals surface area contributed by atoms with Gasteiger partial charge < -0.3 is 9.47 Å². The van der Waals surface area contributed by atoms with Crippen LogP contribution >= 0.6 is 0 Å². The number of carbonyl (C=O) groups is 1. The Morgan fingerprint density at radius 1 is 1.04 bits per heavy atom. The molecule has 5 rings (SSSR count). The minimum Gasteiger partial charge on any atom is -0.452 e. The maximum atomic E-state index is 12.7. The van der Waals surface area contributed by atoms with Crippen LogP contribution in [0.2, 0.25) is 0 Å². The summed E-state index contributed by atoms with van der Waals surface area (Å²) in [4.78, 5) is 12.7. The van der Waals surface area contributed by atoms with Crippen molar-refractivity contribution in [3.63, 3.8) is 0 Å². The molecule has 0 aromatic heterocycles. The molecule has 3 heteroatoms. The van der Waals surface area contributed by atoms with E-state index in [0.717, 1.165) is 29.9 Å². The molecule has 0 aromatic carbocycles. The third kappa shape index (κ3) is 2.17. The van der Waals surface area contributed by atoms with Gasteiger partial charge in [-0.1, -0.05) is 25.8 Å². The number of fused-ring (bicyclic) bond motifs is 6. The van der Waals surface area contributed by atoms with Gasteiger partial charge in [-0.15, -0.1) is 0 Å². The van der Waals surface area contributed by atoms with Crippen molar-refractivity contribution in [1.29, 1.82) is 0 Å². The highest BCUT2D eigenvalue weighted by atomic mass is 16.7. The van der Waals surface area contributed by atoms with Crippen molar-refractivity contribution in [3.05, 3.63) is 23.2 Å². The van der Waals surface area contributed by atoms with E-state index in [0.29, 0.717) is 17.1 Å². The zero-order valence-corrected chi connectivity index (χ0v) is 17.6. The highest BCUT2D eigenvalue weighted by molar-refractivity contribution is 6.05. The van der Waals surface area contributed by atoms with E-state index in [9.17, 15) is 4.79 Å². The Bertz CT molecular complexity index is 760. The maximum absolute atomic E-state index is 12.7. The molecule has 0 spiro atoms. The smallest absolute Gasteiger partial charge is 0.245 e. The number of ketones is 1. The van der Waals surface area contributed by atoms with Gasteiger partial charge in [0.25, 0.3) is 0 Å². The van der Waals surface area contributed by atoms with Gasteiger partial charge in [0.05, 0.1) is 5.41 Å². The van der Waals surface area contributed by atoms with Crippen LogP contribution in [-0.2, 0) is 14.3 Å². The molecule has 0 unspecified atom stereocenters. The van der Waals surface area contributed by atoms with Crippen molar-refractivity contribution in [3.8, 4) is 0 Å². The van der Waals surface area contributed by atoms with Gasteiger partial charge in [0.15, 0.2) is 5.76 Å². The lowest BCUT2D eigenvalue weighted by molar-refractivity contribution is -0.142. The van der Waals surface area contributed by atoms with Crippen LogP contribution in [0.5, 0.6) is 0 Å². The standard InChI is InChI=1S/C24H34O3/c1-6-14-8-10-17-16-9-7-15-13-19(25)20-21(27-22(2,3)26-20)24(15,5)18(16)11-12-23(14,17)4/h13-14,16-18H,6-12H2,1-5H3/t14-,16-,17-,18-,23+,24-/m0/s1. The number of hydrogen-bond acceptors (Lipinski definition) is 3. The van der Waals surface area contributed by atoms with Crippen molar-refractivity contribution >= 4 is 5.78 Å². The normalized spacial score (nSPS) is 47.3. The largest absolute Gasteiger partial charge is 0.452 e. The fraction of sp³-hybridized carbons (Fsp3) is 0.792. The SMILES string of the molecule is CC[C@H]1CC[C@H]2[C@@H]3CCC4=CC(=O)C5=C(OC(C)(C)O5)[C@]4(C)[C@H]3CC[C@]12C. The first kappa shape index (κ1) is 17.8. The predicted octanol–water partition coefficient (Wildman–Crippen LogP) is 5.76. The van der Waals surface area contributed by atoms with E-state index in [4.69, 9.17) is 9.47 Å². The summed E-state index contributed by atoms with van der Waals surface area (Å²) in [6, 6.07) is 0. The molecular weight excluding hydrogens is 336 g/mol. The zero-order valence-electron chi connectivity index (χ0n) is 17.6. The van der Waals surface area contributed by atoms with Crippen LogP contribution in [0, 0.1) is 34.5 Å². The highest BCUT2D eigenvalue weighted by Crippen LogP contribution is 2.68. The van der Waals surface area contributed by atoms with Crippen molar-refractivity contribution < 1.29 is 14.3 Å². The van der Waals surface area contributed by atoms with Crippen molar-refractivity contribution in [2.24, 2.45) is 34.5 Å². The summed E-state index contributed by atoms with van der Waals surface area (Å²) >= 11 is 0. The molecule has 6 atom stereocenters. The molecule has 0 bridgehead atoms. The van der Waals surface area contributed by atoms with Gasteiger partial charge in [0.2, 0.25) is 17.3 Å². The van der Waals surface area contributed by atoms with E-state index < -0.39 is 5.79 Å². The summed E-state index contributed by atoms with van der Waals surface area (Å²) in [5.41, 5.74) is 1.65. The van der Waals surface area contributed by atoms with E-state index in [1.807, 2.05) is 19.9 Å². The minimum absolute atomic E-state index is 0.00839. The number of hydrogen-bond donors (Lipinski definition) is 0. The Balaban J connectivity index is 1.56. The number of allylic oxidation sites excluding steroid dienone is 2. The van der Waals surface area contributed by atoms with E-state index in [2.05, 4.69) is 20.8 Å². The second-order valence-electron chi connectivity index (χ2n) is 10.6. The van der Waals surface area contributed by atoms with Crippen LogP contribution in [0.25, 0.3) is 0 Å². The van der Waals surface area contributed by atoms with Gasteiger partial charge in [-0.05, 0) is 80.6 Å². The molecule has 3 saturated carbocycles. The number of ether oxygens (including phenoxy) is 2. The lowest BCUT2D eigenvalue weighted by atomic mass is 9.47. The van der Waals surface area contributed by atoms with Crippen LogP contribution in [0.1, 0.15) is 79.6 Å². The Morgan fingerprint density at radius 3 is 2.56 bits per heavy atom. The molecule has 0 amide bonds. The maximum Gasteiger partial charge on any atom is 0.245 e. The second kappa shape index (κ2) is 5.42. The molecule has 5 aliphatic rings. The third-order valence-corrected chi connectivity index (χ3v) is 9.18. The summed E-state index contributed by atoms with van der Waals surface area (Å²) in [5.74, 6) is 3.64. The predicted molar refractivity (Wildman–Crippen MR) is 105 cm³/mol. The molecular formula is C24H34O3. The van der Waals surface area contributed by atoms with Crippen molar-refractivity contribution in [2.45, 2.75) is 85.4 Å². The Kier molecular flexibility index (Phi) is 3.58. The van der Waals surface area contributed by atoms with Crippen molar-refractivity contribution in [2.75, 3.05) is 0 Å². The quantitative estimate of drug-likeness (QED) is 0.589. The van der Waals surface area contributed by atoms with E-state index >= 15 is 0 Å². The van der Waals surface area contributed by atoms with E-state index in [1.165, 1.54) is 44.1 Å². The molecule has 1 heterocycles. The van der Waals surface area contributed by atoms with E-state index in [-0.39, 0.29) is 11.2 Å². The average Bonchev–Trinajstić information content (AvgIpc) is 3.13. The molecule has 148 valence electrons. The summed E-state index contributed by atoms with van der Waals surface area (Å²) < 4.78 is 12.3. The molecule has 4 aliphatic carbocycles. The van der Waals surface area contributed by atoms with Gasteiger partial charge >= 0.3 is 0 Å². The monoisotopic (exact) mass is 370 g/mol. The fourth-order valence-corrected chi connectivity index (χ4v) is 7.88. The molecule has 3 fully saturated rings. The van der Waals surface area contributed by atoms with Gasteiger partial charge in [-0.25, -0.2) is 0 Å². The first-order chi connectivity index (χ1) is 12.7. The number of carbonyl (C=O) groups excluding carboxylic acids is 1. The average molecular weight is 371 g/mol. The Labute approximate surface area is 163 Å². The molecule has 0 N–H and O–H groups in total. The highest BCUT2D eigenvalue weighted by Gasteiger charge is 2.62. The van der Waals surface area contributed by atoms with Crippen LogP contribution in [0.3, 0.4) is 0 Å². The third-order valence-electron chi connectivity index (χ3n) is 9.18. The van der Waals surface area contributed by atoms with Crippen LogP contribution in [0.15, 0.2) is 23.2 Å².